The zero-order valence-corrected chi connectivity index (χ0v) is 16.1. The lowest BCUT2D eigenvalue weighted by molar-refractivity contribution is 0.151. The van der Waals surface area contributed by atoms with Crippen molar-refractivity contribution in [2.45, 2.75) is 53.0 Å². The zero-order valence-electron chi connectivity index (χ0n) is 16.1. The molecule has 5 nitrogen and oxygen atoms in total. The summed E-state index contributed by atoms with van der Waals surface area (Å²) in [5, 5.41) is 3.48. The number of anilines is 1. The second-order valence-corrected chi connectivity index (χ2v) is 7.39. The smallest absolute Gasteiger partial charge is 0.194 e. The van der Waals surface area contributed by atoms with Crippen molar-refractivity contribution in [3.05, 3.63) is 23.9 Å². The van der Waals surface area contributed by atoms with E-state index in [0.29, 0.717) is 12.0 Å². The molecule has 1 aliphatic heterocycles. The molecule has 1 N–H and O–H groups in total. The monoisotopic (exact) mass is 343 g/mol. The van der Waals surface area contributed by atoms with Crippen LogP contribution in [0.4, 0.5) is 5.82 Å². The van der Waals surface area contributed by atoms with Crippen LogP contribution in [0.25, 0.3) is 0 Å². The fraction of sp³-hybridized carbons (Fsp3) is 0.700. The lowest BCUT2D eigenvalue weighted by Gasteiger charge is -2.38. The molecule has 2 fully saturated rings. The summed E-state index contributed by atoms with van der Waals surface area (Å²) >= 11 is 0. The summed E-state index contributed by atoms with van der Waals surface area (Å²) in [7, 11) is 0. The average Bonchev–Trinajstić information content (AvgIpc) is 3.07. The van der Waals surface area contributed by atoms with Gasteiger partial charge in [-0.25, -0.2) is 9.98 Å². The molecule has 1 aromatic rings. The lowest BCUT2D eigenvalue weighted by Crippen LogP contribution is -2.42. The summed E-state index contributed by atoms with van der Waals surface area (Å²) < 4.78 is 0. The van der Waals surface area contributed by atoms with Crippen molar-refractivity contribution < 1.29 is 0 Å². The summed E-state index contributed by atoms with van der Waals surface area (Å²) in [6, 6.07) is 4.27. The first kappa shape index (κ1) is 18.0. The molecular formula is C20H33N5. The van der Waals surface area contributed by atoms with Gasteiger partial charge in [0.2, 0.25) is 0 Å². The van der Waals surface area contributed by atoms with E-state index in [1.165, 1.54) is 37.8 Å². The first-order valence-corrected chi connectivity index (χ1v) is 9.93. The van der Waals surface area contributed by atoms with Crippen molar-refractivity contribution in [1.82, 2.24) is 15.2 Å². The van der Waals surface area contributed by atoms with Gasteiger partial charge in [-0.1, -0.05) is 12.5 Å². The average molecular weight is 344 g/mol. The van der Waals surface area contributed by atoms with Crippen LogP contribution in [0.15, 0.2) is 23.3 Å². The number of hydrogen-bond donors (Lipinski definition) is 1. The minimum atomic E-state index is 0.600. The molecule has 0 atom stereocenters. The Hall–Kier alpha value is -1.78. The van der Waals surface area contributed by atoms with E-state index in [4.69, 9.17) is 4.99 Å². The fourth-order valence-corrected chi connectivity index (χ4v) is 4.04. The van der Waals surface area contributed by atoms with Gasteiger partial charge in [0.25, 0.3) is 0 Å². The van der Waals surface area contributed by atoms with Gasteiger partial charge < -0.3 is 15.1 Å². The number of likely N-dealkylation sites (tertiary alicyclic amines) is 1. The molecule has 0 amide bonds. The third-order valence-electron chi connectivity index (χ3n) is 5.79. The zero-order chi connectivity index (χ0) is 17.7. The number of hydrogen-bond acceptors (Lipinski definition) is 3. The summed E-state index contributed by atoms with van der Waals surface area (Å²) in [6.45, 7) is 12.4. The van der Waals surface area contributed by atoms with E-state index in [2.05, 4.69) is 53.0 Å². The van der Waals surface area contributed by atoms with E-state index in [0.717, 1.165) is 38.0 Å². The van der Waals surface area contributed by atoms with Gasteiger partial charge in [-0.2, -0.15) is 0 Å². The SMILES string of the molecule is CCNC(=NCc1ccc(N(CC)CC)nc1)N1CCC2(CCC2)C1. The molecule has 25 heavy (non-hydrogen) atoms. The molecule has 0 radical (unpaired) electrons. The van der Waals surface area contributed by atoms with Crippen LogP contribution >= 0.6 is 0 Å². The van der Waals surface area contributed by atoms with Crippen molar-refractivity contribution in [2.75, 3.05) is 37.6 Å². The van der Waals surface area contributed by atoms with Gasteiger partial charge >= 0.3 is 0 Å². The van der Waals surface area contributed by atoms with E-state index >= 15 is 0 Å². The molecule has 0 unspecified atom stereocenters. The van der Waals surface area contributed by atoms with Crippen LogP contribution < -0.4 is 10.2 Å². The molecule has 1 aromatic heterocycles. The largest absolute Gasteiger partial charge is 0.357 e. The van der Waals surface area contributed by atoms with Gasteiger partial charge in [0.15, 0.2) is 5.96 Å². The van der Waals surface area contributed by atoms with Crippen LogP contribution in [0.2, 0.25) is 0 Å². The Kier molecular flexibility index (Phi) is 5.82. The Morgan fingerprint density at radius 3 is 2.56 bits per heavy atom. The predicted octanol–water partition coefficient (Wildman–Crippen LogP) is 3.27. The van der Waals surface area contributed by atoms with Gasteiger partial charge in [-0.15, -0.1) is 0 Å². The minimum absolute atomic E-state index is 0.600. The second kappa shape index (κ2) is 8.07. The molecule has 1 saturated heterocycles. The maximum absolute atomic E-state index is 4.88. The van der Waals surface area contributed by atoms with E-state index in [9.17, 15) is 0 Å². The van der Waals surface area contributed by atoms with E-state index < -0.39 is 0 Å². The van der Waals surface area contributed by atoms with Crippen molar-refractivity contribution in [3.63, 3.8) is 0 Å². The Balaban J connectivity index is 1.63. The van der Waals surface area contributed by atoms with E-state index in [-0.39, 0.29) is 0 Å². The number of guanidine groups is 1. The van der Waals surface area contributed by atoms with Gasteiger partial charge in [0.05, 0.1) is 6.54 Å². The Morgan fingerprint density at radius 2 is 2.04 bits per heavy atom. The number of pyridine rings is 1. The molecular weight excluding hydrogens is 310 g/mol. The van der Waals surface area contributed by atoms with Gasteiger partial charge in [-0.05, 0) is 57.1 Å². The summed E-state index contributed by atoms with van der Waals surface area (Å²) in [5.74, 6) is 2.12. The van der Waals surface area contributed by atoms with Crippen LogP contribution in [-0.2, 0) is 6.54 Å². The lowest BCUT2D eigenvalue weighted by atomic mass is 9.68. The highest BCUT2D eigenvalue weighted by Gasteiger charge is 2.43. The van der Waals surface area contributed by atoms with Crippen LogP contribution in [0.3, 0.4) is 0 Å². The van der Waals surface area contributed by atoms with Crippen molar-refractivity contribution in [2.24, 2.45) is 10.4 Å². The fourth-order valence-electron chi connectivity index (χ4n) is 4.04. The summed E-state index contributed by atoms with van der Waals surface area (Å²) in [4.78, 5) is 14.2. The molecule has 5 heteroatoms. The van der Waals surface area contributed by atoms with Crippen LogP contribution in [0.1, 0.15) is 52.0 Å². The number of nitrogens with one attached hydrogen (secondary N) is 1. The molecule has 1 saturated carbocycles. The molecule has 2 aliphatic rings. The number of aliphatic imine (C=N–C) groups is 1. The van der Waals surface area contributed by atoms with Crippen LogP contribution in [0.5, 0.6) is 0 Å². The van der Waals surface area contributed by atoms with Gasteiger partial charge in [-0.3, -0.25) is 0 Å². The highest BCUT2D eigenvalue weighted by atomic mass is 15.3. The highest BCUT2D eigenvalue weighted by Crippen LogP contribution is 2.47. The van der Waals surface area contributed by atoms with Gasteiger partial charge in [0.1, 0.15) is 5.82 Å². The molecule has 2 heterocycles. The van der Waals surface area contributed by atoms with E-state index in [1.807, 2.05) is 6.20 Å². The molecule has 1 spiro atoms. The molecule has 1 aliphatic carbocycles. The third-order valence-corrected chi connectivity index (χ3v) is 5.79. The number of aromatic nitrogens is 1. The Bertz CT molecular complexity index is 572. The van der Waals surface area contributed by atoms with Crippen LogP contribution in [-0.4, -0.2) is 48.6 Å². The Morgan fingerprint density at radius 1 is 1.24 bits per heavy atom. The molecule has 138 valence electrons. The molecule has 0 aromatic carbocycles. The second-order valence-electron chi connectivity index (χ2n) is 7.39. The van der Waals surface area contributed by atoms with Crippen LogP contribution in [0, 0.1) is 5.41 Å². The summed E-state index contributed by atoms with van der Waals surface area (Å²) in [5.41, 5.74) is 1.77. The maximum Gasteiger partial charge on any atom is 0.194 e. The number of nitrogens with zero attached hydrogens (tertiary/aromatic N) is 4. The standard InChI is InChI=1S/C20H33N5/c1-4-21-19(25-13-12-20(16-25)10-7-11-20)23-15-17-8-9-18(22-14-17)24(5-2)6-3/h8-9,14H,4-7,10-13,15-16H2,1-3H3,(H,21,23). The summed E-state index contributed by atoms with van der Waals surface area (Å²) in [6.07, 6.45) is 7.51. The first-order valence-electron chi connectivity index (χ1n) is 9.93. The number of rotatable bonds is 6. The highest BCUT2D eigenvalue weighted by molar-refractivity contribution is 5.80. The Labute approximate surface area is 152 Å². The first-order chi connectivity index (χ1) is 12.2. The minimum Gasteiger partial charge on any atom is -0.357 e. The van der Waals surface area contributed by atoms with Gasteiger partial charge in [0, 0.05) is 38.9 Å². The topological polar surface area (TPSA) is 43.8 Å². The molecule has 3 rings (SSSR count). The van der Waals surface area contributed by atoms with Crippen molar-refractivity contribution in [3.8, 4) is 0 Å². The molecule has 0 bridgehead atoms. The van der Waals surface area contributed by atoms with Crippen molar-refractivity contribution >= 4 is 11.8 Å². The maximum atomic E-state index is 4.88. The normalized spacial score (nSPS) is 19.2. The quantitative estimate of drug-likeness (QED) is 0.636. The predicted molar refractivity (Wildman–Crippen MR) is 105 cm³/mol. The van der Waals surface area contributed by atoms with Crippen molar-refractivity contribution in [1.29, 1.82) is 0 Å². The third kappa shape index (κ3) is 4.07. The van der Waals surface area contributed by atoms with E-state index in [1.54, 1.807) is 0 Å².